The van der Waals surface area contributed by atoms with Gasteiger partial charge in [-0.05, 0) is 176 Å². The van der Waals surface area contributed by atoms with Gasteiger partial charge in [-0.25, -0.2) is 0 Å². The summed E-state index contributed by atoms with van der Waals surface area (Å²) in [6.45, 7) is 39.7. The Morgan fingerprint density at radius 3 is 1.12 bits per heavy atom. The molecule has 4 aliphatic rings. The van der Waals surface area contributed by atoms with Gasteiger partial charge in [-0.1, -0.05) is 52.4 Å². The van der Waals surface area contributed by atoms with E-state index in [9.17, 15) is 43.2 Å². The largest absolute Gasteiger partial charge is 0.455 e. The standard InChI is InChI=1S/C34H58N2O9.C20H35NO7.C8H14O/c1-30(2,3)27(39)43-21-19-42-26(23(45-29(41)32(7,8)9)22(21)44-28(40)31(4,5)6)36(20-37)24(25(38)35-33(10,11)12)34(13)17-15-14-16-18-34;1-18(2,3)15(22)26-11-10-25-14(21)13(28-17(24)20(7,8)9)12(11)27-16(23)19(4,5)6;1-8(7-9)5-3-2-4-6-8/h20-24,26H,14-19H2,1-13H3,(H,35,38);11-14H,10,21H2,1-9H3;7H,2-6H2,1H3/t21-,22-,23+,24?,26+;11-,12-,13+,14+;/m11./s1. The Balaban J connectivity index is 0.000000522. The lowest BCUT2D eigenvalue weighted by Crippen LogP contribution is -2.68. The fourth-order valence-corrected chi connectivity index (χ4v) is 9.01. The number of carbonyl (C=O) groups is 9. The van der Waals surface area contributed by atoms with Crippen LogP contribution in [-0.4, -0.2) is 133 Å². The van der Waals surface area contributed by atoms with E-state index in [1.165, 1.54) is 24.2 Å². The van der Waals surface area contributed by atoms with Gasteiger partial charge in [-0.2, -0.15) is 0 Å². The second-order valence-corrected chi connectivity index (χ2v) is 30.6. The number of hydrogen-bond acceptors (Lipinski definition) is 18. The molecule has 0 radical (unpaired) electrons. The summed E-state index contributed by atoms with van der Waals surface area (Å²) in [5, 5.41) is 3.03. The van der Waals surface area contributed by atoms with Gasteiger partial charge in [0.25, 0.3) is 0 Å². The molecule has 4 fully saturated rings. The van der Waals surface area contributed by atoms with Gasteiger partial charge in [-0.15, -0.1) is 0 Å². The van der Waals surface area contributed by atoms with Crippen molar-refractivity contribution in [3.63, 3.8) is 0 Å². The van der Waals surface area contributed by atoms with Crippen LogP contribution >= 0.6 is 0 Å². The lowest BCUT2D eigenvalue weighted by atomic mass is 9.69. The highest BCUT2D eigenvalue weighted by molar-refractivity contribution is 5.85. The van der Waals surface area contributed by atoms with E-state index in [-0.39, 0.29) is 24.5 Å². The lowest BCUT2D eigenvalue weighted by Gasteiger charge is -2.50. The Kier molecular flexibility index (Phi) is 25.5. The first-order chi connectivity index (χ1) is 37.0. The first-order valence-electron chi connectivity index (χ1n) is 29.3. The predicted octanol–water partition coefficient (Wildman–Crippen LogP) is 9.26. The summed E-state index contributed by atoms with van der Waals surface area (Å²) in [5.41, 5.74) is -0.397. The SMILES string of the molecule is CC(C)(C)C(=O)O[C@H]1[C@H](OC(=O)C(C)(C)C)[C@H](OC(=O)C(C)(C)C)CO[C@@H]1N.CC(C)(C)NC(=O)C(N(C=O)[C@H]1OC[C@@H](OC(=O)C(C)(C)C)[C@@H](OC(=O)C(C)(C)C)[C@@H]1OC(=O)C(C)(C)C)C1(C)CCCCC1.CC1(C=O)CCCCC1. The molecule has 9 atom stereocenters. The maximum Gasteiger partial charge on any atom is 0.311 e. The Hall–Kier alpha value is -4.69. The van der Waals surface area contributed by atoms with E-state index in [2.05, 4.69) is 12.2 Å². The molecule has 82 heavy (non-hydrogen) atoms. The van der Waals surface area contributed by atoms with Gasteiger partial charge in [0.15, 0.2) is 42.9 Å². The molecule has 2 saturated heterocycles. The molecule has 3 N–H and O–H groups in total. The third-order valence-electron chi connectivity index (χ3n) is 14.4. The van der Waals surface area contributed by atoms with Crippen LogP contribution in [-0.2, 0) is 81.0 Å². The fourth-order valence-electron chi connectivity index (χ4n) is 9.01. The number of amides is 2. The molecule has 2 aliphatic carbocycles. The zero-order valence-corrected chi connectivity index (χ0v) is 54.3. The van der Waals surface area contributed by atoms with E-state index in [4.69, 9.17) is 43.6 Å². The van der Waals surface area contributed by atoms with Crippen molar-refractivity contribution in [2.45, 2.75) is 284 Å². The topological polar surface area (TPSA) is 269 Å². The number of carbonyl (C=O) groups excluding carboxylic acids is 9. The van der Waals surface area contributed by atoms with Crippen LogP contribution in [0.2, 0.25) is 0 Å². The van der Waals surface area contributed by atoms with Crippen molar-refractivity contribution in [2.75, 3.05) is 13.2 Å². The first-order valence-corrected chi connectivity index (χ1v) is 29.3. The molecule has 0 aromatic heterocycles. The van der Waals surface area contributed by atoms with Gasteiger partial charge in [0.1, 0.15) is 18.6 Å². The van der Waals surface area contributed by atoms with Crippen LogP contribution in [0.1, 0.15) is 223 Å². The summed E-state index contributed by atoms with van der Waals surface area (Å²) in [4.78, 5) is 116. The van der Waals surface area contributed by atoms with Crippen LogP contribution in [0.4, 0.5) is 0 Å². The molecule has 0 aromatic carbocycles. The smallest absolute Gasteiger partial charge is 0.311 e. The predicted molar refractivity (Wildman–Crippen MR) is 308 cm³/mol. The molecule has 2 heterocycles. The third kappa shape index (κ3) is 22.1. The normalized spacial score (nSPS) is 25.5. The summed E-state index contributed by atoms with van der Waals surface area (Å²) in [6.07, 6.45) is 2.47. The zero-order valence-electron chi connectivity index (χ0n) is 54.3. The minimum atomic E-state index is -1.42. The van der Waals surface area contributed by atoms with E-state index in [1.807, 2.05) is 27.7 Å². The number of ether oxygens (including phenoxy) is 8. The Morgan fingerprint density at radius 1 is 0.476 bits per heavy atom. The number of aldehydes is 1. The van der Waals surface area contributed by atoms with Gasteiger partial charge in [-0.3, -0.25) is 38.4 Å². The highest BCUT2D eigenvalue weighted by Gasteiger charge is 2.56. The van der Waals surface area contributed by atoms with Crippen LogP contribution in [0.25, 0.3) is 0 Å². The van der Waals surface area contributed by atoms with Crippen molar-refractivity contribution in [1.29, 1.82) is 0 Å². The highest BCUT2D eigenvalue weighted by Crippen LogP contribution is 2.43. The van der Waals surface area contributed by atoms with Crippen molar-refractivity contribution >= 4 is 54.4 Å². The molecule has 20 nitrogen and oxygen atoms in total. The molecule has 2 saturated carbocycles. The first kappa shape index (κ1) is 73.4. The molecule has 20 heteroatoms. The van der Waals surface area contributed by atoms with Crippen molar-refractivity contribution in [1.82, 2.24) is 10.2 Å². The van der Waals surface area contributed by atoms with Crippen LogP contribution in [0.15, 0.2) is 0 Å². The Morgan fingerprint density at radius 2 is 0.793 bits per heavy atom. The van der Waals surface area contributed by atoms with E-state index in [1.54, 1.807) is 125 Å². The maximum atomic E-state index is 14.1. The number of rotatable bonds is 12. The van der Waals surface area contributed by atoms with Crippen LogP contribution in [0.3, 0.4) is 0 Å². The van der Waals surface area contributed by atoms with Crippen molar-refractivity contribution in [2.24, 2.45) is 49.1 Å². The number of hydrogen-bond donors (Lipinski definition) is 2. The van der Waals surface area contributed by atoms with Gasteiger partial charge < -0.3 is 58.6 Å². The number of nitrogens with two attached hydrogens (primary N) is 1. The van der Waals surface area contributed by atoms with Crippen LogP contribution in [0.5, 0.6) is 0 Å². The molecule has 1 unspecified atom stereocenters. The van der Waals surface area contributed by atoms with E-state index in [0.717, 1.165) is 38.4 Å². The number of nitrogens with one attached hydrogen (secondary N) is 1. The quantitative estimate of drug-likeness (QED) is 0.105. The Labute approximate surface area is 490 Å². The molecule has 0 bridgehead atoms. The molecule has 0 spiro atoms. The molecule has 472 valence electrons. The van der Waals surface area contributed by atoms with Gasteiger partial charge in [0.05, 0.1) is 45.7 Å². The van der Waals surface area contributed by atoms with Crippen LogP contribution in [0, 0.1) is 43.3 Å². The number of nitrogens with zero attached hydrogens (tertiary/aromatic N) is 1. The van der Waals surface area contributed by atoms with Gasteiger partial charge in [0, 0.05) is 11.0 Å². The Bertz CT molecular complexity index is 2180. The van der Waals surface area contributed by atoms with Gasteiger partial charge in [0.2, 0.25) is 12.3 Å². The van der Waals surface area contributed by atoms with Crippen LogP contribution < -0.4 is 11.1 Å². The van der Waals surface area contributed by atoms with E-state index >= 15 is 0 Å². The molecule has 4 rings (SSSR count). The molecule has 0 aromatic rings. The van der Waals surface area contributed by atoms with Gasteiger partial charge >= 0.3 is 35.8 Å². The molecule has 2 aliphatic heterocycles. The van der Waals surface area contributed by atoms with Crippen molar-refractivity contribution < 1.29 is 81.0 Å². The third-order valence-corrected chi connectivity index (χ3v) is 14.4. The van der Waals surface area contributed by atoms with E-state index in [0.29, 0.717) is 19.3 Å². The summed E-state index contributed by atoms with van der Waals surface area (Å²) < 4.78 is 46.3. The average Bonchev–Trinajstić information content (AvgIpc) is 3.40. The minimum Gasteiger partial charge on any atom is -0.455 e. The maximum absolute atomic E-state index is 14.1. The molecular formula is C62H107N3O17. The minimum absolute atomic E-state index is 0.0399. The second kappa shape index (κ2) is 28.5. The summed E-state index contributed by atoms with van der Waals surface area (Å²) in [5.74, 6) is -3.76. The van der Waals surface area contributed by atoms with Crippen molar-refractivity contribution in [3.05, 3.63) is 0 Å². The summed E-state index contributed by atoms with van der Waals surface area (Å²) in [7, 11) is 0. The summed E-state index contributed by atoms with van der Waals surface area (Å²) >= 11 is 0. The van der Waals surface area contributed by atoms with Crippen molar-refractivity contribution in [3.8, 4) is 0 Å². The number of esters is 6. The monoisotopic (exact) mass is 1170 g/mol. The highest BCUT2D eigenvalue weighted by atomic mass is 16.7. The van der Waals surface area contributed by atoms with E-state index < -0.39 is 134 Å². The second-order valence-electron chi connectivity index (χ2n) is 30.6. The lowest BCUT2D eigenvalue weighted by molar-refractivity contribution is -0.259. The fraction of sp³-hybridized carbons (Fsp3) is 0.855. The average molecular weight is 1170 g/mol. The molecule has 2 amide bonds. The molecular weight excluding hydrogens is 1060 g/mol. The zero-order chi connectivity index (χ0) is 63.6. The summed E-state index contributed by atoms with van der Waals surface area (Å²) in [6, 6.07) is -0.997.